The molecule has 4 heteroatoms. The predicted octanol–water partition coefficient (Wildman–Crippen LogP) is 3.21. The Kier molecular flexibility index (Phi) is 4.48. The highest BCUT2D eigenvalue weighted by molar-refractivity contribution is 5.92. The van der Waals surface area contributed by atoms with Gasteiger partial charge in [0, 0.05) is 11.4 Å². The molecular formula is C17H20N2O2. The van der Waals surface area contributed by atoms with E-state index >= 15 is 0 Å². The summed E-state index contributed by atoms with van der Waals surface area (Å²) in [5.74, 6) is 0.554. The fourth-order valence-electron chi connectivity index (χ4n) is 2.06. The number of hydrogen-bond acceptors (Lipinski definition) is 3. The van der Waals surface area contributed by atoms with Crippen molar-refractivity contribution in [2.75, 3.05) is 17.7 Å². The van der Waals surface area contributed by atoms with E-state index in [2.05, 4.69) is 11.4 Å². The summed E-state index contributed by atoms with van der Waals surface area (Å²) in [6.07, 6.45) is 0. The lowest BCUT2D eigenvalue weighted by Gasteiger charge is -2.12. The second kappa shape index (κ2) is 6.31. The Morgan fingerprint density at radius 2 is 1.81 bits per heavy atom. The lowest BCUT2D eigenvalue weighted by atomic mass is 10.1. The van der Waals surface area contributed by atoms with Gasteiger partial charge < -0.3 is 15.8 Å². The monoisotopic (exact) mass is 284 g/mol. The maximum absolute atomic E-state index is 11.9. The minimum Gasteiger partial charge on any atom is -0.483 e. The highest BCUT2D eigenvalue weighted by Crippen LogP contribution is 2.23. The van der Waals surface area contributed by atoms with Crippen molar-refractivity contribution >= 4 is 17.3 Å². The largest absolute Gasteiger partial charge is 0.483 e. The standard InChI is InChI=1S/C17H20N2O2/c1-11-8-12(2)13(3)16(9-11)21-10-17(20)19-15-6-4-14(18)5-7-15/h4-9H,10,18H2,1-3H3,(H,19,20). The number of rotatable bonds is 4. The second-order valence-electron chi connectivity index (χ2n) is 5.16. The molecule has 4 nitrogen and oxygen atoms in total. The zero-order chi connectivity index (χ0) is 15.4. The Hall–Kier alpha value is -2.49. The number of nitrogen functional groups attached to an aromatic ring is 1. The van der Waals surface area contributed by atoms with Crippen molar-refractivity contribution in [2.45, 2.75) is 20.8 Å². The number of carbonyl (C=O) groups is 1. The van der Waals surface area contributed by atoms with Crippen LogP contribution >= 0.6 is 0 Å². The number of ether oxygens (including phenoxy) is 1. The van der Waals surface area contributed by atoms with Crippen molar-refractivity contribution in [3.05, 3.63) is 53.1 Å². The summed E-state index contributed by atoms with van der Waals surface area (Å²) in [5, 5.41) is 2.77. The zero-order valence-corrected chi connectivity index (χ0v) is 12.6. The molecule has 0 radical (unpaired) electrons. The molecule has 1 amide bonds. The maximum atomic E-state index is 11.9. The zero-order valence-electron chi connectivity index (χ0n) is 12.6. The summed E-state index contributed by atoms with van der Waals surface area (Å²) < 4.78 is 5.62. The van der Waals surface area contributed by atoms with Gasteiger partial charge >= 0.3 is 0 Å². The first-order chi connectivity index (χ1) is 9.95. The number of amides is 1. The van der Waals surface area contributed by atoms with E-state index in [1.54, 1.807) is 24.3 Å². The number of nitrogens with one attached hydrogen (secondary N) is 1. The molecule has 2 aromatic rings. The van der Waals surface area contributed by atoms with Gasteiger partial charge in [0.2, 0.25) is 0 Å². The summed E-state index contributed by atoms with van der Waals surface area (Å²) in [5.41, 5.74) is 10.3. The Bertz CT molecular complexity index is 649. The second-order valence-corrected chi connectivity index (χ2v) is 5.16. The number of nitrogens with two attached hydrogens (primary N) is 1. The molecule has 0 unspecified atom stereocenters. The van der Waals surface area contributed by atoms with Crippen molar-refractivity contribution in [1.29, 1.82) is 0 Å². The Morgan fingerprint density at radius 3 is 2.48 bits per heavy atom. The molecule has 21 heavy (non-hydrogen) atoms. The average Bonchev–Trinajstić information content (AvgIpc) is 2.44. The first-order valence-electron chi connectivity index (χ1n) is 6.82. The van der Waals surface area contributed by atoms with E-state index in [0.29, 0.717) is 11.4 Å². The molecule has 0 atom stereocenters. The third kappa shape index (κ3) is 3.99. The lowest BCUT2D eigenvalue weighted by molar-refractivity contribution is -0.118. The molecule has 0 bridgehead atoms. The van der Waals surface area contributed by atoms with Gasteiger partial charge in [0.05, 0.1) is 0 Å². The molecule has 0 aromatic heterocycles. The fraction of sp³-hybridized carbons (Fsp3) is 0.235. The first kappa shape index (κ1) is 14.9. The molecule has 2 rings (SSSR count). The van der Waals surface area contributed by atoms with Gasteiger partial charge in [-0.1, -0.05) is 6.07 Å². The van der Waals surface area contributed by atoms with Crippen LogP contribution in [-0.4, -0.2) is 12.5 Å². The topological polar surface area (TPSA) is 64.3 Å². The molecule has 2 aromatic carbocycles. The number of hydrogen-bond donors (Lipinski definition) is 2. The van der Waals surface area contributed by atoms with E-state index < -0.39 is 0 Å². The fourth-order valence-corrected chi connectivity index (χ4v) is 2.06. The summed E-state index contributed by atoms with van der Waals surface area (Å²) in [7, 11) is 0. The Morgan fingerprint density at radius 1 is 1.14 bits per heavy atom. The van der Waals surface area contributed by atoms with E-state index in [4.69, 9.17) is 10.5 Å². The summed E-state index contributed by atoms with van der Waals surface area (Å²) >= 11 is 0. The molecule has 0 spiro atoms. The quantitative estimate of drug-likeness (QED) is 0.847. The molecule has 0 aliphatic heterocycles. The maximum Gasteiger partial charge on any atom is 0.262 e. The molecular weight excluding hydrogens is 264 g/mol. The molecule has 110 valence electrons. The molecule has 0 heterocycles. The van der Waals surface area contributed by atoms with Crippen LogP contribution in [0, 0.1) is 20.8 Å². The van der Waals surface area contributed by atoms with Crippen molar-refractivity contribution in [3.63, 3.8) is 0 Å². The van der Waals surface area contributed by atoms with Crippen molar-refractivity contribution in [2.24, 2.45) is 0 Å². The van der Waals surface area contributed by atoms with Crippen LogP contribution in [0.1, 0.15) is 16.7 Å². The first-order valence-corrected chi connectivity index (χ1v) is 6.82. The number of benzene rings is 2. The van der Waals surface area contributed by atoms with Crippen molar-refractivity contribution in [3.8, 4) is 5.75 Å². The lowest BCUT2D eigenvalue weighted by Crippen LogP contribution is -2.20. The van der Waals surface area contributed by atoms with Crippen LogP contribution in [0.25, 0.3) is 0 Å². The predicted molar refractivity (Wildman–Crippen MR) is 85.6 cm³/mol. The summed E-state index contributed by atoms with van der Waals surface area (Å²) in [4.78, 5) is 11.9. The van der Waals surface area contributed by atoms with Gasteiger partial charge in [0.1, 0.15) is 5.75 Å². The van der Waals surface area contributed by atoms with Gasteiger partial charge in [-0.15, -0.1) is 0 Å². The Balaban J connectivity index is 1.97. The van der Waals surface area contributed by atoms with Gasteiger partial charge in [0.25, 0.3) is 5.91 Å². The smallest absolute Gasteiger partial charge is 0.262 e. The number of anilines is 2. The molecule has 3 N–H and O–H groups in total. The van der Waals surface area contributed by atoms with Gasteiger partial charge in [-0.25, -0.2) is 0 Å². The van der Waals surface area contributed by atoms with Crippen molar-refractivity contribution in [1.82, 2.24) is 0 Å². The van der Waals surface area contributed by atoms with E-state index in [9.17, 15) is 4.79 Å². The van der Waals surface area contributed by atoms with Crippen molar-refractivity contribution < 1.29 is 9.53 Å². The average molecular weight is 284 g/mol. The number of aryl methyl sites for hydroxylation is 2. The van der Waals surface area contributed by atoms with Crippen LogP contribution in [-0.2, 0) is 4.79 Å². The molecule has 0 saturated carbocycles. The van der Waals surface area contributed by atoms with Crippen LogP contribution in [0.5, 0.6) is 5.75 Å². The minimum atomic E-state index is -0.196. The third-order valence-corrected chi connectivity index (χ3v) is 3.32. The minimum absolute atomic E-state index is 0.0197. The Labute approximate surface area is 124 Å². The number of carbonyl (C=O) groups excluding carboxylic acids is 1. The van der Waals surface area contributed by atoms with Crippen LogP contribution in [0.3, 0.4) is 0 Å². The van der Waals surface area contributed by atoms with Gasteiger partial charge in [-0.05, 0) is 67.8 Å². The summed E-state index contributed by atoms with van der Waals surface area (Å²) in [6.45, 7) is 6.01. The van der Waals surface area contributed by atoms with E-state index in [0.717, 1.165) is 22.4 Å². The third-order valence-electron chi connectivity index (χ3n) is 3.32. The van der Waals surface area contributed by atoms with E-state index in [1.165, 1.54) is 0 Å². The SMILES string of the molecule is Cc1cc(C)c(C)c(OCC(=O)Nc2ccc(N)cc2)c1. The molecule has 0 aliphatic rings. The van der Waals surface area contributed by atoms with E-state index in [1.807, 2.05) is 26.8 Å². The van der Waals surface area contributed by atoms with Gasteiger partial charge in [0.15, 0.2) is 6.61 Å². The van der Waals surface area contributed by atoms with E-state index in [-0.39, 0.29) is 12.5 Å². The summed E-state index contributed by atoms with van der Waals surface area (Å²) in [6, 6.07) is 11.0. The normalized spacial score (nSPS) is 10.2. The van der Waals surface area contributed by atoms with Gasteiger partial charge in [-0.3, -0.25) is 4.79 Å². The molecule has 0 aliphatic carbocycles. The molecule has 0 fully saturated rings. The van der Waals surface area contributed by atoms with Crippen LogP contribution in [0.2, 0.25) is 0 Å². The highest BCUT2D eigenvalue weighted by Gasteiger charge is 2.07. The molecule has 0 saturated heterocycles. The van der Waals surface area contributed by atoms with Crippen LogP contribution < -0.4 is 15.8 Å². The highest BCUT2D eigenvalue weighted by atomic mass is 16.5. The van der Waals surface area contributed by atoms with Gasteiger partial charge in [-0.2, -0.15) is 0 Å². The van der Waals surface area contributed by atoms with Crippen LogP contribution in [0.15, 0.2) is 36.4 Å². The van der Waals surface area contributed by atoms with Crippen LogP contribution in [0.4, 0.5) is 11.4 Å².